The van der Waals surface area contributed by atoms with Crippen LogP contribution in [0.5, 0.6) is 17.2 Å². The molecule has 2 heterocycles. The SMILES string of the molecule is COc1ccc(OC)c(-c2cc(Cl)c3c(c2)CC(CNC(=O)c2ccoc2C)O3)c1. The molecule has 0 saturated heterocycles. The molecule has 1 unspecified atom stereocenters. The molecule has 0 radical (unpaired) electrons. The first-order valence-electron chi connectivity index (χ1n) is 9.54. The minimum Gasteiger partial charge on any atom is -0.497 e. The van der Waals surface area contributed by atoms with Crippen LogP contribution in [0.2, 0.25) is 5.02 Å². The van der Waals surface area contributed by atoms with Crippen LogP contribution in [-0.2, 0) is 6.42 Å². The molecule has 0 spiro atoms. The molecule has 0 saturated carbocycles. The smallest absolute Gasteiger partial charge is 0.254 e. The third-order valence-corrected chi connectivity index (χ3v) is 5.44. The number of hydrogen-bond donors (Lipinski definition) is 1. The van der Waals surface area contributed by atoms with Gasteiger partial charge >= 0.3 is 0 Å². The molecule has 1 atom stereocenters. The lowest BCUT2D eigenvalue weighted by molar-refractivity contribution is 0.0932. The van der Waals surface area contributed by atoms with Gasteiger partial charge in [-0.25, -0.2) is 0 Å². The molecule has 2 aromatic carbocycles. The topological polar surface area (TPSA) is 69.9 Å². The second kappa shape index (κ2) is 8.32. The maximum Gasteiger partial charge on any atom is 0.254 e. The number of aryl methyl sites for hydroxylation is 1. The predicted molar refractivity (Wildman–Crippen MR) is 114 cm³/mol. The Balaban J connectivity index is 1.53. The molecule has 30 heavy (non-hydrogen) atoms. The number of amides is 1. The summed E-state index contributed by atoms with van der Waals surface area (Å²) < 4.78 is 22.0. The lowest BCUT2D eigenvalue weighted by Crippen LogP contribution is -2.34. The summed E-state index contributed by atoms with van der Waals surface area (Å²) in [4.78, 5) is 12.3. The quantitative estimate of drug-likeness (QED) is 0.619. The van der Waals surface area contributed by atoms with Gasteiger partial charge in [0.05, 0.1) is 37.6 Å². The maximum atomic E-state index is 12.3. The normalized spacial score (nSPS) is 14.7. The van der Waals surface area contributed by atoms with E-state index in [-0.39, 0.29) is 12.0 Å². The summed E-state index contributed by atoms with van der Waals surface area (Å²) in [5.74, 6) is 2.51. The average molecular weight is 428 g/mol. The zero-order valence-electron chi connectivity index (χ0n) is 17.0. The van der Waals surface area contributed by atoms with Gasteiger partial charge in [-0.2, -0.15) is 0 Å². The fourth-order valence-electron chi connectivity index (χ4n) is 3.62. The van der Waals surface area contributed by atoms with Crippen LogP contribution in [0.15, 0.2) is 47.1 Å². The van der Waals surface area contributed by atoms with E-state index in [0.717, 1.165) is 28.2 Å². The number of nitrogens with one attached hydrogen (secondary N) is 1. The zero-order chi connectivity index (χ0) is 21.3. The molecular formula is C23H22ClNO5. The van der Waals surface area contributed by atoms with Crippen LogP contribution >= 0.6 is 11.6 Å². The van der Waals surface area contributed by atoms with E-state index in [4.69, 9.17) is 30.2 Å². The molecule has 1 amide bonds. The number of fused-ring (bicyclic) bond motifs is 1. The summed E-state index contributed by atoms with van der Waals surface area (Å²) >= 11 is 6.53. The Bertz CT molecular complexity index is 1090. The van der Waals surface area contributed by atoms with Gasteiger partial charge in [0.15, 0.2) is 0 Å². The van der Waals surface area contributed by atoms with Crippen molar-refractivity contribution in [3.8, 4) is 28.4 Å². The molecule has 1 aromatic heterocycles. The van der Waals surface area contributed by atoms with E-state index in [9.17, 15) is 4.79 Å². The number of carbonyl (C=O) groups is 1. The zero-order valence-corrected chi connectivity index (χ0v) is 17.7. The van der Waals surface area contributed by atoms with E-state index >= 15 is 0 Å². The molecule has 156 valence electrons. The molecule has 4 rings (SSSR count). The first-order chi connectivity index (χ1) is 14.5. The Kier molecular flexibility index (Phi) is 5.59. The maximum absolute atomic E-state index is 12.3. The van der Waals surface area contributed by atoms with Crippen LogP contribution in [-0.4, -0.2) is 32.8 Å². The van der Waals surface area contributed by atoms with Crippen molar-refractivity contribution in [3.63, 3.8) is 0 Å². The third kappa shape index (κ3) is 3.83. The highest BCUT2D eigenvalue weighted by atomic mass is 35.5. The van der Waals surface area contributed by atoms with Gasteiger partial charge in [-0.1, -0.05) is 11.6 Å². The van der Waals surface area contributed by atoms with Crippen LogP contribution in [0, 0.1) is 6.92 Å². The van der Waals surface area contributed by atoms with E-state index in [1.807, 2.05) is 30.3 Å². The minimum atomic E-state index is -0.198. The highest BCUT2D eigenvalue weighted by Crippen LogP contribution is 2.42. The van der Waals surface area contributed by atoms with Crippen LogP contribution in [0.4, 0.5) is 0 Å². The molecular weight excluding hydrogens is 406 g/mol. The monoisotopic (exact) mass is 427 g/mol. The molecule has 1 aliphatic heterocycles. The van der Waals surface area contributed by atoms with Crippen molar-refractivity contribution < 1.29 is 23.4 Å². The average Bonchev–Trinajstić information content (AvgIpc) is 3.37. The summed E-state index contributed by atoms with van der Waals surface area (Å²) in [7, 11) is 3.25. The minimum absolute atomic E-state index is 0.186. The Hall–Kier alpha value is -3.12. The number of benzene rings is 2. The van der Waals surface area contributed by atoms with Gasteiger partial charge in [-0.15, -0.1) is 0 Å². The molecule has 0 bridgehead atoms. The molecule has 1 N–H and O–H groups in total. The largest absolute Gasteiger partial charge is 0.497 e. The first-order valence-corrected chi connectivity index (χ1v) is 9.91. The molecule has 7 heteroatoms. The molecule has 3 aromatic rings. The second-order valence-electron chi connectivity index (χ2n) is 7.06. The van der Waals surface area contributed by atoms with Gasteiger partial charge in [0.2, 0.25) is 0 Å². The van der Waals surface area contributed by atoms with Crippen molar-refractivity contribution in [2.45, 2.75) is 19.4 Å². The Morgan fingerprint density at radius 1 is 1.20 bits per heavy atom. The number of halogens is 1. The molecule has 0 fully saturated rings. The van der Waals surface area contributed by atoms with Crippen molar-refractivity contribution >= 4 is 17.5 Å². The summed E-state index contributed by atoms with van der Waals surface area (Å²) in [5.41, 5.74) is 3.31. The van der Waals surface area contributed by atoms with Crippen LogP contribution in [0.25, 0.3) is 11.1 Å². The number of carbonyl (C=O) groups excluding carboxylic acids is 1. The lowest BCUT2D eigenvalue weighted by atomic mass is 9.99. The van der Waals surface area contributed by atoms with Crippen molar-refractivity contribution in [2.24, 2.45) is 0 Å². The Morgan fingerprint density at radius 2 is 2.03 bits per heavy atom. The lowest BCUT2D eigenvalue weighted by Gasteiger charge is -2.13. The van der Waals surface area contributed by atoms with Crippen LogP contribution < -0.4 is 19.5 Å². The van der Waals surface area contributed by atoms with Crippen molar-refractivity contribution in [1.29, 1.82) is 0 Å². The van der Waals surface area contributed by atoms with Gasteiger partial charge in [0.1, 0.15) is 29.1 Å². The number of furan rings is 1. The number of hydrogen-bond acceptors (Lipinski definition) is 5. The summed E-state index contributed by atoms with van der Waals surface area (Å²) in [5, 5.41) is 3.42. The third-order valence-electron chi connectivity index (χ3n) is 5.16. The molecule has 6 nitrogen and oxygen atoms in total. The van der Waals surface area contributed by atoms with Crippen molar-refractivity contribution in [2.75, 3.05) is 20.8 Å². The fraction of sp³-hybridized carbons (Fsp3) is 0.261. The van der Waals surface area contributed by atoms with E-state index < -0.39 is 0 Å². The fourth-order valence-corrected chi connectivity index (χ4v) is 3.90. The van der Waals surface area contributed by atoms with Crippen LogP contribution in [0.1, 0.15) is 21.7 Å². The van der Waals surface area contributed by atoms with Crippen molar-refractivity contribution in [3.05, 3.63) is 64.6 Å². The van der Waals surface area contributed by atoms with E-state index in [0.29, 0.717) is 35.1 Å². The van der Waals surface area contributed by atoms with E-state index in [1.54, 1.807) is 27.2 Å². The Labute approximate surface area is 179 Å². The number of rotatable bonds is 6. The molecule has 1 aliphatic rings. The summed E-state index contributed by atoms with van der Waals surface area (Å²) in [6.45, 7) is 2.12. The Morgan fingerprint density at radius 3 is 2.73 bits per heavy atom. The van der Waals surface area contributed by atoms with Crippen LogP contribution in [0.3, 0.4) is 0 Å². The van der Waals surface area contributed by atoms with Gasteiger partial charge in [-0.3, -0.25) is 4.79 Å². The van der Waals surface area contributed by atoms with Crippen molar-refractivity contribution in [1.82, 2.24) is 5.32 Å². The summed E-state index contributed by atoms with van der Waals surface area (Å²) in [6, 6.07) is 11.2. The number of methoxy groups -OCH3 is 2. The highest BCUT2D eigenvalue weighted by molar-refractivity contribution is 6.32. The second-order valence-corrected chi connectivity index (χ2v) is 7.46. The van der Waals surface area contributed by atoms with Gasteiger partial charge < -0.3 is 23.9 Å². The van der Waals surface area contributed by atoms with Gasteiger partial charge in [-0.05, 0) is 48.9 Å². The predicted octanol–water partition coefficient (Wildman–Crippen LogP) is 4.66. The van der Waals surface area contributed by atoms with E-state index in [1.165, 1.54) is 6.26 Å². The number of ether oxygens (including phenoxy) is 3. The highest BCUT2D eigenvalue weighted by Gasteiger charge is 2.27. The van der Waals surface area contributed by atoms with E-state index in [2.05, 4.69) is 5.32 Å². The first kappa shape index (κ1) is 20.2. The summed E-state index contributed by atoms with van der Waals surface area (Å²) in [6.07, 6.45) is 1.94. The van der Waals surface area contributed by atoms with Gasteiger partial charge in [0.25, 0.3) is 5.91 Å². The van der Waals surface area contributed by atoms with Gasteiger partial charge in [0, 0.05) is 17.5 Å². The standard InChI is InChI=1S/C23H22ClNO5/c1-13-18(6-7-29-13)23(26)25-12-17-9-15-8-14(10-20(24)22(15)30-17)19-11-16(27-2)4-5-21(19)28-3/h4-8,10-11,17H,9,12H2,1-3H3,(H,25,26). The molecule has 0 aliphatic carbocycles.